The maximum atomic E-state index is 7.17. The van der Waals surface area contributed by atoms with Crippen molar-refractivity contribution in [2.75, 3.05) is 0 Å². The lowest BCUT2D eigenvalue weighted by atomic mass is 9.65. The number of aromatic nitrogens is 1. The van der Waals surface area contributed by atoms with Crippen LogP contribution in [0.2, 0.25) is 0 Å². The van der Waals surface area contributed by atoms with Crippen LogP contribution in [0.25, 0.3) is 55.2 Å². The Bertz CT molecular complexity index is 3470. The highest BCUT2D eigenvalue weighted by atomic mass is 16.5. The van der Waals surface area contributed by atoms with Gasteiger partial charge in [-0.25, -0.2) is 9.98 Å². The van der Waals surface area contributed by atoms with Crippen molar-refractivity contribution >= 4 is 33.3 Å². The molecule has 0 fully saturated rings. The lowest BCUT2D eigenvalue weighted by Gasteiger charge is -2.40. The van der Waals surface area contributed by atoms with Crippen molar-refractivity contribution in [2.45, 2.75) is 12.0 Å². The van der Waals surface area contributed by atoms with E-state index in [9.17, 15) is 0 Å². The summed E-state index contributed by atoms with van der Waals surface area (Å²) in [7, 11) is 0. The zero-order valence-electron chi connectivity index (χ0n) is 34.8. The number of benzene rings is 9. The maximum absolute atomic E-state index is 7.17. The number of pyridine rings is 1. The molecule has 2 N–H and O–H groups in total. The Morgan fingerprint density at radius 3 is 1.89 bits per heavy atom. The molecule has 64 heavy (non-hydrogen) atoms. The fourth-order valence-corrected chi connectivity index (χ4v) is 9.98. The molecule has 2 heterocycles. The Kier molecular flexibility index (Phi) is 8.87. The molecule has 2 aliphatic rings. The van der Waals surface area contributed by atoms with Gasteiger partial charge in [-0.15, -0.1) is 0 Å². The van der Waals surface area contributed by atoms with E-state index in [4.69, 9.17) is 25.4 Å². The fourth-order valence-electron chi connectivity index (χ4n) is 9.98. The highest BCUT2D eigenvalue weighted by Crippen LogP contribution is 2.63. The fraction of sp³-hybridized carbons (Fsp3) is 0.0339. The molecule has 0 unspecified atom stereocenters. The van der Waals surface area contributed by atoms with Gasteiger partial charge in [-0.3, -0.25) is 4.99 Å². The van der Waals surface area contributed by atoms with Crippen LogP contribution in [0.3, 0.4) is 0 Å². The van der Waals surface area contributed by atoms with Crippen molar-refractivity contribution in [3.8, 4) is 45.0 Å². The predicted molar refractivity (Wildman–Crippen MR) is 261 cm³/mol. The number of para-hydroxylation sites is 2. The Hall–Kier alpha value is -8.41. The summed E-state index contributed by atoms with van der Waals surface area (Å²) in [6.45, 7) is 0.463. The molecular formula is C59H40N4O. The van der Waals surface area contributed by atoms with Crippen LogP contribution in [0.1, 0.15) is 38.9 Å². The van der Waals surface area contributed by atoms with E-state index in [2.05, 4.69) is 152 Å². The first-order chi connectivity index (χ1) is 31.6. The Morgan fingerprint density at radius 1 is 0.500 bits per heavy atom. The molecule has 9 aromatic carbocycles. The van der Waals surface area contributed by atoms with Crippen LogP contribution >= 0.6 is 0 Å². The summed E-state index contributed by atoms with van der Waals surface area (Å²) in [5.41, 5.74) is 21.3. The van der Waals surface area contributed by atoms with Gasteiger partial charge in [0.1, 0.15) is 17.3 Å². The molecule has 1 spiro atoms. The second-order valence-electron chi connectivity index (χ2n) is 16.4. The third kappa shape index (κ3) is 5.97. The second kappa shape index (κ2) is 15.2. The van der Waals surface area contributed by atoms with Gasteiger partial charge in [-0.1, -0.05) is 194 Å². The van der Waals surface area contributed by atoms with Crippen LogP contribution in [0, 0.1) is 0 Å². The largest absolute Gasteiger partial charge is 0.456 e. The molecule has 302 valence electrons. The lowest BCUT2D eigenvalue weighted by Crippen LogP contribution is -2.32. The molecule has 0 amide bonds. The molecule has 5 nitrogen and oxygen atoms in total. The summed E-state index contributed by atoms with van der Waals surface area (Å²) >= 11 is 0. The second-order valence-corrected chi connectivity index (χ2v) is 16.4. The number of ether oxygens (including phenoxy) is 1. The van der Waals surface area contributed by atoms with Gasteiger partial charge in [0.15, 0.2) is 5.84 Å². The number of hydrogen-bond donors (Lipinski definition) is 1. The zero-order valence-corrected chi connectivity index (χ0v) is 34.8. The van der Waals surface area contributed by atoms with Gasteiger partial charge in [0.2, 0.25) is 0 Å². The monoisotopic (exact) mass is 820 g/mol. The normalized spacial score (nSPS) is 13.6. The zero-order chi connectivity index (χ0) is 42.6. The topological polar surface area (TPSA) is 72.9 Å². The maximum Gasteiger partial charge on any atom is 0.157 e. The third-order valence-corrected chi connectivity index (χ3v) is 12.8. The van der Waals surface area contributed by atoms with Gasteiger partial charge in [-0.05, 0) is 63.2 Å². The first kappa shape index (κ1) is 37.4. The van der Waals surface area contributed by atoms with Crippen molar-refractivity contribution in [1.82, 2.24) is 4.98 Å². The van der Waals surface area contributed by atoms with Crippen LogP contribution in [0.15, 0.2) is 228 Å². The Labute approximate surface area is 371 Å². The summed E-state index contributed by atoms with van der Waals surface area (Å²) in [4.78, 5) is 15.5. The molecular weight excluding hydrogens is 781 g/mol. The van der Waals surface area contributed by atoms with Crippen molar-refractivity contribution < 1.29 is 4.74 Å². The smallest absolute Gasteiger partial charge is 0.157 e. The average Bonchev–Trinajstić information content (AvgIpc) is 3.66. The van der Waals surface area contributed by atoms with Gasteiger partial charge in [-0.2, -0.15) is 0 Å². The van der Waals surface area contributed by atoms with Crippen LogP contribution < -0.4 is 10.5 Å². The lowest BCUT2D eigenvalue weighted by molar-refractivity contribution is 0.442. The van der Waals surface area contributed by atoms with E-state index >= 15 is 0 Å². The molecule has 0 radical (unpaired) electrons. The minimum absolute atomic E-state index is 0.363. The standard InChI is InChI=1S/C59H40N4O/c60-57(63-58(61-37-38-17-3-1-4-18-38)43-24-15-21-40(35-43)39-19-5-2-6-20-39)42-23-16-22-41(36-42)55-47-33-34-51-56(54(47)46-27-9-13-31-52(46)62-55)64-53-32-14-12-30-50(53)59(51)48-28-10-7-25-44(48)45-26-8-11-29-49(45)59/h1-36H,37H2,(H2,60,61,63). The predicted octanol–water partition coefficient (Wildman–Crippen LogP) is 13.5. The molecule has 1 aliphatic heterocycles. The van der Waals surface area contributed by atoms with E-state index in [-0.39, 0.29) is 0 Å². The SMILES string of the molecule is NC(=NC(=NCc1ccccc1)c1cccc(-c2ccccc2)c1)c1cccc(-c2nc3ccccc3c3c4c(ccc23)C2(c3ccccc3O4)c3ccccc3-c3ccccc32)c1. The molecule has 0 saturated carbocycles. The first-order valence-electron chi connectivity index (χ1n) is 21.7. The van der Waals surface area contributed by atoms with Gasteiger partial charge >= 0.3 is 0 Å². The quantitative estimate of drug-likeness (QED) is 0.103. The molecule has 1 aromatic heterocycles. The third-order valence-electron chi connectivity index (χ3n) is 12.8. The number of rotatable bonds is 6. The number of fused-ring (bicyclic) bond motifs is 13. The van der Waals surface area contributed by atoms with Crippen molar-refractivity contribution in [1.29, 1.82) is 0 Å². The average molecular weight is 821 g/mol. The molecule has 0 bridgehead atoms. The summed E-state index contributed by atoms with van der Waals surface area (Å²) in [6.07, 6.45) is 0. The molecule has 12 rings (SSSR count). The van der Waals surface area contributed by atoms with Crippen LogP contribution in [0.5, 0.6) is 11.5 Å². The summed E-state index contributed by atoms with van der Waals surface area (Å²) in [5, 5.41) is 3.04. The van der Waals surface area contributed by atoms with E-state index in [0.717, 1.165) is 83.4 Å². The summed E-state index contributed by atoms with van der Waals surface area (Å²) < 4.78 is 7.17. The van der Waals surface area contributed by atoms with Gasteiger partial charge in [0.25, 0.3) is 0 Å². The number of amidine groups is 2. The number of nitrogens with zero attached hydrogens (tertiary/aromatic N) is 3. The highest BCUT2D eigenvalue weighted by molar-refractivity contribution is 6.16. The van der Waals surface area contributed by atoms with Crippen molar-refractivity contribution in [3.63, 3.8) is 0 Å². The summed E-state index contributed by atoms with van der Waals surface area (Å²) in [6, 6.07) is 76.2. The molecule has 0 atom stereocenters. The van der Waals surface area contributed by atoms with Gasteiger partial charge < -0.3 is 10.5 Å². The minimum Gasteiger partial charge on any atom is -0.456 e. The molecule has 1 aliphatic carbocycles. The molecule has 10 aromatic rings. The molecule has 5 heteroatoms. The van der Waals surface area contributed by atoms with Crippen molar-refractivity contribution in [3.05, 3.63) is 257 Å². The van der Waals surface area contributed by atoms with E-state index in [1.807, 2.05) is 66.7 Å². The highest BCUT2D eigenvalue weighted by Gasteiger charge is 2.51. The van der Waals surface area contributed by atoms with Crippen LogP contribution in [-0.2, 0) is 12.0 Å². The molecule has 0 saturated heterocycles. The van der Waals surface area contributed by atoms with Gasteiger partial charge in [0.05, 0.1) is 23.2 Å². The number of aliphatic imine (C=N–C) groups is 2. The van der Waals surface area contributed by atoms with Gasteiger partial charge in [0, 0.05) is 44.0 Å². The number of hydrogen-bond acceptors (Lipinski definition) is 3. The number of nitrogens with two attached hydrogens (primary N) is 1. The van der Waals surface area contributed by atoms with Crippen LogP contribution in [-0.4, -0.2) is 16.7 Å². The van der Waals surface area contributed by atoms with Crippen LogP contribution in [0.4, 0.5) is 0 Å². The minimum atomic E-state index is -0.582. The summed E-state index contributed by atoms with van der Waals surface area (Å²) in [5.74, 6) is 2.62. The van der Waals surface area contributed by atoms with E-state index in [1.165, 1.54) is 22.3 Å². The van der Waals surface area contributed by atoms with Crippen molar-refractivity contribution in [2.24, 2.45) is 15.7 Å². The first-order valence-corrected chi connectivity index (χ1v) is 21.7. The Morgan fingerprint density at radius 2 is 1.11 bits per heavy atom. The van der Waals surface area contributed by atoms with E-state index < -0.39 is 5.41 Å². The Balaban J connectivity index is 1.03. The van der Waals surface area contributed by atoms with E-state index in [1.54, 1.807) is 0 Å². The van der Waals surface area contributed by atoms with E-state index in [0.29, 0.717) is 18.2 Å².